The molecule has 0 radical (unpaired) electrons. The van der Waals surface area contributed by atoms with Gasteiger partial charge in [-0.05, 0) is 31.2 Å². The Hall–Kier alpha value is -1.66. The number of nitrogens with one attached hydrogen (secondary N) is 1. The van der Waals surface area contributed by atoms with Gasteiger partial charge in [-0.3, -0.25) is 14.9 Å². The van der Waals surface area contributed by atoms with Crippen LogP contribution in [-0.4, -0.2) is 16.9 Å². The first-order valence-corrected chi connectivity index (χ1v) is 6.83. The van der Waals surface area contributed by atoms with Crippen LogP contribution in [-0.2, 0) is 11.3 Å². The Morgan fingerprint density at radius 2 is 2.00 bits per heavy atom. The molecular weight excluding hydrogens is 294 g/mol. The Kier molecular flexibility index (Phi) is 6.58. The number of hydrogen-bond donors (Lipinski definition) is 2. The van der Waals surface area contributed by atoms with Gasteiger partial charge in [-0.2, -0.15) is 0 Å². The molecule has 0 bridgehead atoms. The van der Waals surface area contributed by atoms with E-state index in [9.17, 15) is 14.9 Å². The van der Waals surface area contributed by atoms with Gasteiger partial charge in [0.1, 0.15) is 0 Å². The topological polar surface area (TPSA) is 98.3 Å². The number of carbonyl (C=O) groups excluding carboxylic acids is 1. The lowest BCUT2D eigenvalue weighted by atomic mass is 9.86. The summed E-state index contributed by atoms with van der Waals surface area (Å²) < 4.78 is 0. The summed E-state index contributed by atoms with van der Waals surface area (Å²) in [5.74, 6) is 0.0388. The van der Waals surface area contributed by atoms with Crippen molar-refractivity contribution in [2.24, 2.45) is 11.7 Å². The quantitative estimate of drug-likeness (QED) is 0.657. The van der Waals surface area contributed by atoms with E-state index in [1.54, 1.807) is 12.1 Å². The van der Waals surface area contributed by atoms with Crippen molar-refractivity contribution in [1.82, 2.24) is 5.32 Å². The van der Waals surface area contributed by atoms with Gasteiger partial charge in [-0.1, -0.05) is 12.1 Å². The number of rotatable bonds is 4. The van der Waals surface area contributed by atoms with E-state index in [0.717, 1.165) is 31.2 Å². The molecular formula is C14H20ClN3O3. The van der Waals surface area contributed by atoms with Gasteiger partial charge in [0.2, 0.25) is 5.91 Å². The molecule has 0 aromatic heterocycles. The van der Waals surface area contributed by atoms with E-state index in [-0.39, 0.29) is 36.0 Å². The van der Waals surface area contributed by atoms with Crippen molar-refractivity contribution in [3.8, 4) is 0 Å². The summed E-state index contributed by atoms with van der Waals surface area (Å²) >= 11 is 0. The zero-order valence-corrected chi connectivity index (χ0v) is 12.5. The minimum Gasteiger partial charge on any atom is -0.352 e. The average Bonchev–Trinajstić information content (AvgIpc) is 2.46. The van der Waals surface area contributed by atoms with Crippen LogP contribution in [0.1, 0.15) is 31.2 Å². The molecule has 1 aliphatic rings. The summed E-state index contributed by atoms with van der Waals surface area (Å²) in [7, 11) is 0. The first kappa shape index (κ1) is 17.4. The van der Waals surface area contributed by atoms with E-state index < -0.39 is 4.92 Å². The molecule has 0 unspecified atom stereocenters. The van der Waals surface area contributed by atoms with Crippen LogP contribution in [0.15, 0.2) is 24.3 Å². The minimum absolute atomic E-state index is 0. The predicted octanol–water partition coefficient (Wildman–Crippen LogP) is 2.15. The Bertz CT molecular complexity index is 502. The largest absolute Gasteiger partial charge is 0.352 e. The van der Waals surface area contributed by atoms with E-state index in [4.69, 9.17) is 5.73 Å². The first-order valence-electron chi connectivity index (χ1n) is 6.83. The van der Waals surface area contributed by atoms with Crippen LogP contribution in [0.3, 0.4) is 0 Å². The number of halogens is 1. The molecule has 1 saturated carbocycles. The number of non-ortho nitro benzene ring substituents is 1. The summed E-state index contributed by atoms with van der Waals surface area (Å²) in [6, 6.07) is 6.53. The van der Waals surface area contributed by atoms with Crippen LogP contribution in [0.25, 0.3) is 0 Å². The van der Waals surface area contributed by atoms with Gasteiger partial charge in [0, 0.05) is 30.6 Å². The normalized spacial score (nSPS) is 21.2. The van der Waals surface area contributed by atoms with Crippen molar-refractivity contribution >= 4 is 24.0 Å². The molecule has 0 saturated heterocycles. The van der Waals surface area contributed by atoms with Gasteiger partial charge in [0.05, 0.1) is 4.92 Å². The lowest BCUT2D eigenvalue weighted by molar-refractivity contribution is -0.384. The standard InChI is InChI=1S/C14H19N3O3.ClH/c15-12-6-4-11(5-7-12)14(18)16-9-10-2-1-3-13(8-10)17(19)20;/h1-3,8,11-12H,4-7,9,15H2,(H,16,18);1H/t11-,12+;. The number of nitro groups is 1. The van der Waals surface area contributed by atoms with Crippen molar-refractivity contribution in [1.29, 1.82) is 0 Å². The maximum absolute atomic E-state index is 12.0. The number of carbonyl (C=O) groups is 1. The van der Waals surface area contributed by atoms with Crippen LogP contribution >= 0.6 is 12.4 Å². The summed E-state index contributed by atoms with van der Waals surface area (Å²) in [6.45, 7) is 0.322. The summed E-state index contributed by atoms with van der Waals surface area (Å²) in [4.78, 5) is 22.3. The summed E-state index contributed by atoms with van der Waals surface area (Å²) in [5, 5.41) is 13.5. The van der Waals surface area contributed by atoms with Gasteiger partial charge in [0.25, 0.3) is 5.69 Å². The van der Waals surface area contributed by atoms with Crippen LogP contribution in [0.5, 0.6) is 0 Å². The second kappa shape index (κ2) is 7.95. The highest BCUT2D eigenvalue weighted by molar-refractivity contribution is 5.85. The summed E-state index contributed by atoms with van der Waals surface area (Å²) in [6.07, 6.45) is 3.41. The molecule has 116 valence electrons. The van der Waals surface area contributed by atoms with Gasteiger partial charge in [0.15, 0.2) is 0 Å². The third-order valence-electron chi connectivity index (χ3n) is 3.73. The Morgan fingerprint density at radius 1 is 1.33 bits per heavy atom. The SMILES string of the molecule is Cl.N[C@H]1CC[C@@H](C(=O)NCc2cccc([N+](=O)[O-])c2)CC1. The monoisotopic (exact) mass is 313 g/mol. The third kappa shape index (κ3) is 4.99. The van der Waals surface area contributed by atoms with E-state index in [2.05, 4.69) is 5.32 Å². The molecule has 1 aromatic rings. The molecule has 21 heavy (non-hydrogen) atoms. The lowest BCUT2D eigenvalue weighted by Gasteiger charge is -2.25. The molecule has 0 aliphatic heterocycles. The second-order valence-corrected chi connectivity index (χ2v) is 5.26. The Morgan fingerprint density at radius 3 is 2.62 bits per heavy atom. The number of amides is 1. The van der Waals surface area contributed by atoms with Crippen LogP contribution in [0.4, 0.5) is 5.69 Å². The van der Waals surface area contributed by atoms with Gasteiger partial charge < -0.3 is 11.1 Å². The molecule has 0 heterocycles. The molecule has 1 aliphatic carbocycles. The smallest absolute Gasteiger partial charge is 0.269 e. The highest BCUT2D eigenvalue weighted by Crippen LogP contribution is 2.23. The van der Waals surface area contributed by atoms with Crippen molar-refractivity contribution in [3.05, 3.63) is 39.9 Å². The molecule has 7 heteroatoms. The molecule has 0 spiro atoms. The highest BCUT2D eigenvalue weighted by Gasteiger charge is 2.24. The predicted molar refractivity (Wildman–Crippen MR) is 82.1 cm³/mol. The second-order valence-electron chi connectivity index (χ2n) is 5.26. The van der Waals surface area contributed by atoms with E-state index in [1.165, 1.54) is 12.1 Å². The van der Waals surface area contributed by atoms with Crippen molar-refractivity contribution < 1.29 is 9.72 Å². The van der Waals surface area contributed by atoms with E-state index >= 15 is 0 Å². The zero-order valence-electron chi connectivity index (χ0n) is 11.7. The van der Waals surface area contributed by atoms with E-state index in [0.29, 0.717) is 6.54 Å². The third-order valence-corrected chi connectivity index (χ3v) is 3.73. The average molecular weight is 314 g/mol. The minimum atomic E-state index is -0.437. The Balaban J connectivity index is 0.00000220. The Labute approximate surface area is 129 Å². The number of nitrogens with two attached hydrogens (primary N) is 1. The van der Waals surface area contributed by atoms with Gasteiger partial charge in [-0.15, -0.1) is 12.4 Å². The molecule has 1 fully saturated rings. The van der Waals surface area contributed by atoms with Gasteiger partial charge >= 0.3 is 0 Å². The molecule has 3 N–H and O–H groups in total. The zero-order chi connectivity index (χ0) is 14.5. The van der Waals surface area contributed by atoms with Crippen LogP contribution in [0.2, 0.25) is 0 Å². The highest BCUT2D eigenvalue weighted by atomic mass is 35.5. The fraction of sp³-hybridized carbons (Fsp3) is 0.500. The molecule has 2 rings (SSSR count). The summed E-state index contributed by atoms with van der Waals surface area (Å²) in [5.41, 5.74) is 6.59. The maximum Gasteiger partial charge on any atom is 0.269 e. The number of nitrogens with zero attached hydrogens (tertiary/aromatic N) is 1. The first-order chi connectivity index (χ1) is 9.56. The van der Waals surface area contributed by atoms with Crippen molar-refractivity contribution in [2.75, 3.05) is 0 Å². The number of hydrogen-bond acceptors (Lipinski definition) is 4. The lowest BCUT2D eigenvalue weighted by Crippen LogP contribution is -2.35. The molecule has 6 nitrogen and oxygen atoms in total. The number of benzene rings is 1. The number of nitro benzene ring substituents is 1. The molecule has 0 atom stereocenters. The van der Waals surface area contributed by atoms with E-state index in [1.807, 2.05) is 0 Å². The molecule has 1 amide bonds. The fourth-order valence-corrected chi connectivity index (χ4v) is 2.49. The van der Waals surface area contributed by atoms with Crippen LogP contribution in [0, 0.1) is 16.0 Å². The van der Waals surface area contributed by atoms with Crippen LogP contribution < -0.4 is 11.1 Å². The maximum atomic E-state index is 12.0. The van der Waals surface area contributed by atoms with Crippen molar-refractivity contribution in [3.63, 3.8) is 0 Å². The molecule has 1 aromatic carbocycles. The fourth-order valence-electron chi connectivity index (χ4n) is 2.49. The van der Waals surface area contributed by atoms with Crippen molar-refractivity contribution in [2.45, 2.75) is 38.3 Å². The van der Waals surface area contributed by atoms with Gasteiger partial charge in [-0.25, -0.2) is 0 Å².